The Morgan fingerprint density at radius 3 is 2.44 bits per heavy atom. The van der Waals surface area contributed by atoms with Crippen LogP contribution in [0.3, 0.4) is 0 Å². The zero-order chi connectivity index (χ0) is 13.0. The van der Waals surface area contributed by atoms with Crippen molar-refractivity contribution in [2.24, 2.45) is 0 Å². The molecule has 0 saturated heterocycles. The van der Waals surface area contributed by atoms with Gasteiger partial charge in [0.2, 0.25) is 5.88 Å². The monoisotopic (exact) mass is 264 g/mol. The molecule has 1 aromatic carbocycles. The second kappa shape index (κ2) is 5.60. The first-order valence-corrected chi connectivity index (χ1v) is 5.89. The smallest absolute Gasteiger partial charge is 0.222 e. The van der Waals surface area contributed by atoms with Crippen LogP contribution in [0, 0.1) is 0 Å². The maximum Gasteiger partial charge on any atom is 0.222 e. The number of aromatic nitrogens is 1. The summed E-state index contributed by atoms with van der Waals surface area (Å²) in [4.78, 5) is 4.02. The van der Waals surface area contributed by atoms with Gasteiger partial charge in [-0.1, -0.05) is 11.6 Å². The van der Waals surface area contributed by atoms with Crippen molar-refractivity contribution >= 4 is 17.3 Å². The van der Waals surface area contributed by atoms with E-state index in [1.54, 1.807) is 24.3 Å². The predicted molar refractivity (Wildman–Crippen MR) is 71.3 cm³/mol. The fourth-order valence-electron chi connectivity index (χ4n) is 1.44. The lowest BCUT2D eigenvalue weighted by Crippen LogP contribution is -1.93. The summed E-state index contributed by atoms with van der Waals surface area (Å²) < 4.78 is 10.9. The Balaban J connectivity index is 2.13. The average Bonchev–Trinajstić information content (AvgIpc) is 2.31. The van der Waals surface area contributed by atoms with Crippen molar-refractivity contribution in [2.45, 2.75) is 6.92 Å². The highest BCUT2D eigenvalue weighted by atomic mass is 35.5. The molecular formula is C13H13ClN2O2. The molecule has 2 N–H and O–H groups in total. The van der Waals surface area contributed by atoms with Crippen molar-refractivity contribution in [1.29, 1.82) is 0 Å². The Labute approximate surface area is 110 Å². The van der Waals surface area contributed by atoms with E-state index < -0.39 is 0 Å². The minimum absolute atomic E-state index is 0.302. The summed E-state index contributed by atoms with van der Waals surface area (Å²) in [6.07, 6.45) is 0. The minimum atomic E-state index is 0.302. The van der Waals surface area contributed by atoms with Crippen molar-refractivity contribution in [3.8, 4) is 17.4 Å². The Morgan fingerprint density at radius 1 is 1.17 bits per heavy atom. The van der Waals surface area contributed by atoms with Gasteiger partial charge in [0.15, 0.2) is 0 Å². The summed E-state index contributed by atoms with van der Waals surface area (Å²) in [6, 6.07) is 10.4. The van der Waals surface area contributed by atoms with Crippen LogP contribution in [-0.2, 0) is 0 Å². The van der Waals surface area contributed by atoms with Crippen LogP contribution in [0.5, 0.6) is 17.4 Å². The molecule has 0 saturated carbocycles. The lowest BCUT2D eigenvalue weighted by molar-refractivity contribution is 0.339. The molecule has 0 fully saturated rings. The number of pyridine rings is 1. The zero-order valence-corrected chi connectivity index (χ0v) is 10.6. The molecule has 1 heterocycles. The number of anilines is 1. The van der Waals surface area contributed by atoms with Crippen LogP contribution in [-0.4, -0.2) is 11.6 Å². The van der Waals surface area contributed by atoms with Gasteiger partial charge in [-0.2, -0.15) is 0 Å². The van der Waals surface area contributed by atoms with E-state index in [1.165, 1.54) is 0 Å². The molecule has 18 heavy (non-hydrogen) atoms. The van der Waals surface area contributed by atoms with Crippen LogP contribution < -0.4 is 15.2 Å². The van der Waals surface area contributed by atoms with Crippen molar-refractivity contribution in [3.63, 3.8) is 0 Å². The summed E-state index contributed by atoms with van der Waals surface area (Å²) in [5.74, 6) is 1.81. The molecule has 4 nitrogen and oxygen atoms in total. The second-order valence-electron chi connectivity index (χ2n) is 3.57. The molecule has 0 bridgehead atoms. The molecule has 0 unspecified atom stereocenters. The van der Waals surface area contributed by atoms with Gasteiger partial charge >= 0.3 is 0 Å². The molecule has 2 rings (SSSR count). The van der Waals surface area contributed by atoms with E-state index in [9.17, 15) is 0 Å². The van der Waals surface area contributed by atoms with E-state index in [0.717, 1.165) is 5.75 Å². The lowest BCUT2D eigenvalue weighted by atomic mass is 10.3. The molecule has 0 aliphatic rings. The molecule has 0 amide bonds. The third-order valence-corrected chi connectivity index (χ3v) is 2.34. The van der Waals surface area contributed by atoms with Crippen LogP contribution in [0.15, 0.2) is 36.4 Å². The maximum atomic E-state index is 5.79. The number of nitrogen functional groups attached to an aromatic ring is 1. The largest absolute Gasteiger partial charge is 0.494 e. The normalized spacial score (nSPS) is 10.1. The van der Waals surface area contributed by atoms with Gasteiger partial charge in [-0.3, -0.25) is 0 Å². The molecule has 0 radical (unpaired) electrons. The van der Waals surface area contributed by atoms with Gasteiger partial charge in [0, 0.05) is 11.8 Å². The highest BCUT2D eigenvalue weighted by Crippen LogP contribution is 2.25. The number of halogens is 1. The number of hydrogen-bond acceptors (Lipinski definition) is 4. The first kappa shape index (κ1) is 12.5. The zero-order valence-electron chi connectivity index (χ0n) is 9.89. The average molecular weight is 265 g/mol. The number of ether oxygens (including phenoxy) is 2. The molecule has 0 aliphatic heterocycles. The topological polar surface area (TPSA) is 57.4 Å². The predicted octanol–water partition coefficient (Wildman–Crippen LogP) is 3.51. The summed E-state index contributed by atoms with van der Waals surface area (Å²) in [7, 11) is 0. The van der Waals surface area contributed by atoms with Gasteiger partial charge in [-0.05, 0) is 37.3 Å². The summed E-state index contributed by atoms with van der Waals surface area (Å²) in [6.45, 7) is 2.57. The lowest BCUT2D eigenvalue weighted by Gasteiger charge is -2.07. The Kier molecular flexibility index (Phi) is 3.89. The third-order valence-electron chi connectivity index (χ3n) is 2.15. The molecule has 94 valence electrons. The van der Waals surface area contributed by atoms with Gasteiger partial charge < -0.3 is 15.2 Å². The first-order chi connectivity index (χ1) is 8.67. The van der Waals surface area contributed by atoms with Gasteiger partial charge in [-0.15, -0.1) is 0 Å². The van der Waals surface area contributed by atoms with E-state index >= 15 is 0 Å². The molecule has 2 aromatic rings. The second-order valence-corrected chi connectivity index (χ2v) is 3.96. The van der Waals surface area contributed by atoms with Crippen LogP contribution in [0.25, 0.3) is 0 Å². The first-order valence-electron chi connectivity index (χ1n) is 5.51. The molecule has 1 aromatic heterocycles. The number of hydrogen-bond donors (Lipinski definition) is 1. The highest BCUT2D eigenvalue weighted by molar-refractivity contribution is 6.29. The van der Waals surface area contributed by atoms with Gasteiger partial charge in [-0.25, -0.2) is 4.98 Å². The van der Waals surface area contributed by atoms with Crippen LogP contribution >= 0.6 is 11.6 Å². The fraction of sp³-hybridized carbons (Fsp3) is 0.154. The van der Waals surface area contributed by atoms with Crippen LogP contribution in [0.4, 0.5) is 5.69 Å². The van der Waals surface area contributed by atoms with E-state index in [-0.39, 0.29) is 0 Å². The van der Waals surface area contributed by atoms with Crippen molar-refractivity contribution in [2.75, 3.05) is 12.3 Å². The summed E-state index contributed by atoms with van der Waals surface area (Å²) in [5, 5.41) is 0.302. The highest BCUT2D eigenvalue weighted by Gasteiger charge is 2.02. The summed E-state index contributed by atoms with van der Waals surface area (Å²) in [5.41, 5.74) is 6.16. The quantitative estimate of drug-likeness (QED) is 0.859. The number of nitrogens with zero attached hydrogens (tertiary/aromatic N) is 1. The van der Waals surface area contributed by atoms with E-state index in [0.29, 0.717) is 29.1 Å². The van der Waals surface area contributed by atoms with E-state index in [2.05, 4.69) is 4.98 Å². The number of benzene rings is 1. The van der Waals surface area contributed by atoms with Crippen LogP contribution in [0.2, 0.25) is 5.15 Å². The van der Waals surface area contributed by atoms with Crippen molar-refractivity contribution in [3.05, 3.63) is 41.6 Å². The maximum absolute atomic E-state index is 5.79. The minimum Gasteiger partial charge on any atom is -0.494 e. The Hall–Kier alpha value is -1.94. The van der Waals surface area contributed by atoms with Crippen molar-refractivity contribution < 1.29 is 9.47 Å². The Bertz CT molecular complexity index is 509. The van der Waals surface area contributed by atoms with E-state index in [4.69, 9.17) is 26.8 Å². The number of rotatable bonds is 4. The molecule has 0 aliphatic carbocycles. The molecule has 5 heteroatoms. The standard InChI is InChI=1S/C13H13ClN2O2/c1-2-17-10-3-5-11(6-4-10)18-13-8-9(15)7-12(14)16-13/h3-8H,2H2,1H3,(H2,15,16). The van der Waals surface area contributed by atoms with Gasteiger partial charge in [0.25, 0.3) is 0 Å². The van der Waals surface area contributed by atoms with Crippen molar-refractivity contribution in [1.82, 2.24) is 4.98 Å². The SMILES string of the molecule is CCOc1ccc(Oc2cc(N)cc(Cl)n2)cc1. The third kappa shape index (κ3) is 3.28. The molecule has 0 spiro atoms. The summed E-state index contributed by atoms with van der Waals surface area (Å²) >= 11 is 5.79. The van der Waals surface area contributed by atoms with E-state index in [1.807, 2.05) is 19.1 Å². The fourth-order valence-corrected chi connectivity index (χ4v) is 1.64. The Morgan fingerprint density at radius 2 is 1.83 bits per heavy atom. The van der Waals surface area contributed by atoms with Gasteiger partial charge in [0.1, 0.15) is 16.7 Å². The molecule has 0 atom stereocenters. The van der Waals surface area contributed by atoms with Crippen LogP contribution in [0.1, 0.15) is 6.92 Å². The number of nitrogens with two attached hydrogens (primary N) is 1. The molecular weight excluding hydrogens is 252 g/mol. The van der Waals surface area contributed by atoms with Gasteiger partial charge in [0.05, 0.1) is 6.61 Å².